The maximum atomic E-state index is 13.0. The lowest BCUT2D eigenvalue weighted by atomic mass is 10.0. The van der Waals surface area contributed by atoms with E-state index in [0.717, 1.165) is 5.56 Å². The fourth-order valence-corrected chi connectivity index (χ4v) is 3.48. The summed E-state index contributed by atoms with van der Waals surface area (Å²) in [5, 5.41) is 18.1. The Morgan fingerprint density at radius 2 is 1.74 bits per heavy atom. The zero-order valence-electron chi connectivity index (χ0n) is 19.0. The predicted octanol–water partition coefficient (Wildman–Crippen LogP) is 4.38. The van der Waals surface area contributed by atoms with E-state index >= 15 is 0 Å². The van der Waals surface area contributed by atoms with E-state index in [1.54, 1.807) is 32.4 Å². The van der Waals surface area contributed by atoms with Crippen LogP contribution in [0.3, 0.4) is 0 Å². The second kappa shape index (κ2) is 10.5. The normalized spacial score (nSPS) is 11.5. The van der Waals surface area contributed by atoms with Crippen LogP contribution in [0.1, 0.15) is 27.9 Å². The second-order valence-electron chi connectivity index (χ2n) is 7.58. The molecular weight excluding hydrogens is 452 g/mol. The summed E-state index contributed by atoms with van der Waals surface area (Å²) in [4.78, 5) is 28.1. The third-order valence-corrected chi connectivity index (χ3v) is 5.26. The number of nitrogens with one attached hydrogen (secondary N) is 1. The summed E-state index contributed by atoms with van der Waals surface area (Å²) in [5.41, 5.74) is 1.51. The van der Waals surface area contributed by atoms with E-state index in [0.29, 0.717) is 29.3 Å². The Kier molecular flexibility index (Phi) is 7.01. The summed E-state index contributed by atoms with van der Waals surface area (Å²) < 4.78 is 16.2. The van der Waals surface area contributed by atoms with E-state index in [9.17, 15) is 14.9 Å². The van der Waals surface area contributed by atoms with Crippen LogP contribution in [0.5, 0.6) is 11.5 Å². The summed E-state index contributed by atoms with van der Waals surface area (Å²) in [6, 6.07) is 19.5. The monoisotopic (exact) mass is 474 g/mol. The summed E-state index contributed by atoms with van der Waals surface area (Å²) in [6.07, 6.45) is 0.366. The Morgan fingerprint density at radius 1 is 1.03 bits per heavy atom. The van der Waals surface area contributed by atoms with Crippen LogP contribution in [0.4, 0.5) is 5.69 Å². The van der Waals surface area contributed by atoms with Gasteiger partial charge in [0.1, 0.15) is 17.5 Å². The molecule has 178 valence electrons. The quantitative estimate of drug-likeness (QED) is 0.279. The average Bonchev–Trinajstić information content (AvgIpc) is 3.39. The Hall–Kier alpha value is -4.73. The topological polar surface area (TPSA) is 130 Å². The molecule has 0 saturated heterocycles. The van der Waals surface area contributed by atoms with Gasteiger partial charge in [0, 0.05) is 35.7 Å². The Morgan fingerprint density at radius 3 is 2.40 bits per heavy atom. The van der Waals surface area contributed by atoms with Crippen LogP contribution >= 0.6 is 0 Å². The molecule has 0 aliphatic heterocycles. The Balaban J connectivity index is 1.65. The minimum absolute atomic E-state index is 0.148. The SMILES string of the molecule is COc1cc(OC)cc(-c2noc(C(Cc3ccccc3)NC(=O)c3cccc([N+](=O)[O-])c3)n2)c1. The van der Waals surface area contributed by atoms with E-state index in [1.807, 2.05) is 30.3 Å². The minimum Gasteiger partial charge on any atom is -0.497 e. The van der Waals surface area contributed by atoms with Gasteiger partial charge in [-0.15, -0.1) is 0 Å². The summed E-state index contributed by atoms with van der Waals surface area (Å²) in [7, 11) is 3.08. The van der Waals surface area contributed by atoms with Crippen LogP contribution in [0.15, 0.2) is 77.3 Å². The number of nitrogens with zero attached hydrogens (tertiary/aromatic N) is 3. The lowest BCUT2D eigenvalue weighted by Crippen LogP contribution is -2.30. The molecular formula is C25H22N4O6. The van der Waals surface area contributed by atoms with Crippen LogP contribution in [0.25, 0.3) is 11.4 Å². The highest BCUT2D eigenvalue weighted by Gasteiger charge is 2.24. The molecule has 0 saturated carbocycles. The van der Waals surface area contributed by atoms with Crippen LogP contribution in [0, 0.1) is 10.1 Å². The van der Waals surface area contributed by atoms with Crippen molar-refractivity contribution in [3.63, 3.8) is 0 Å². The number of ether oxygens (including phenoxy) is 2. The van der Waals surface area contributed by atoms with Crippen molar-refractivity contribution >= 4 is 11.6 Å². The maximum absolute atomic E-state index is 13.0. The molecule has 1 unspecified atom stereocenters. The van der Waals surface area contributed by atoms with Crippen molar-refractivity contribution in [1.29, 1.82) is 0 Å². The molecule has 35 heavy (non-hydrogen) atoms. The van der Waals surface area contributed by atoms with Gasteiger partial charge in [-0.2, -0.15) is 4.98 Å². The molecule has 0 radical (unpaired) electrons. The Labute approximate surface area is 200 Å². The van der Waals surface area contributed by atoms with Crippen molar-refractivity contribution < 1.29 is 23.7 Å². The van der Waals surface area contributed by atoms with E-state index in [1.165, 1.54) is 24.3 Å². The van der Waals surface area contributed by atoms with Gasteiger partial charge in [-0.25, -0.2) is 0 Å². The minimum atomic E-state index is -0.682. The molecule has 1 amide bonds. The van der Waals surface area contributed by atoms with Crippen molar-refractivity contribution in [2.75, 3.05) is 14.2 Å². The number of hydrogen-bond donors (Lipinski definition) is 1. The standard InChI is InChI=1S/C25H22N4O6/c1-33-20-13-18(14-21(15-20)34-2)23-27-25(35-28-23)22(11-16-7-4-3-5-8-16)26-24(30)17-9-6-10-19(12-17)29(31)32/h3-10,12-15,22H,11H2,1-2H3,(H,26,30). The van der Waals surface area contributed by atoms with Gasteiger partial charge in [0.05, 0.1) is 19.1 Å². The van der Waals surface area contributed by atoms with Gasteiger partial charge in [-0.3, -0.25) is 14.9 Å². The van der Waals surface area contributed by atoms with Gasteiger partial charge in [-0.1, -0.05) is 41.6 Å². The number of nitro benzene ring substituents is 1. The first-order valence-electron chi connectivity index (χ1n) is 10.6. The summed E-state index contributed by atoms with van der Waals surface area (Å²) in [5.74, 6) is 1.10. The van der Waals surface area contributed by atoms with Gasteiger partial charge >= 0.3 is 0 Å². The fraction of sp³-hybridized carbons (Fsp3) is 0.160. The van der Waals surface area contributed by atoms with E-state index in [2.05, 4.69) is 15.5 Å². The van der Waals surface area contributed by atoms with Crippen LogP contribution in [0.2, 0.25) is 0 Å². The van der Waals surface area contributed by atoms with Gasteiger partial charge in [0.25, 0.3) is 11.6 Å². The third-order valence-electron chi connectivity index (χ3n) is 5.26. The van der Waals surface area contributed by atoms with E-state index in [-0.39, 0.29) is 17.1 Å². The number of rotatable bonds is 9. The number of carbonyl (C=O) groups is 1. The molecule has 3 aromatic carbocycles. The van der Waals surface area contributed by atoms with Crippen molar-refractivity contribution in [3.8, 4) is 22.9 Å². The van der Waals surface area contributed by atoms with E-state index < -0.39 is 16.9 Å². The molecule has 1 aromatic heterocycles. The number of hydrogen-bond acceptors (Lipinski definition) is 8. The van der Waals surface area contributed by atoms with Crippen LogP contribution in [-0.4, -0.2) is 35.2 Å². The zero-order valence-corrected chi connectivity index (χ0v) is 19.0. The van der Waals surface area contributed by atoms with Gasteiger partial charge in [0.2, 0.25) is 11.7 Å². The number of non-ortho nitro benzene ring substituents is 1. The van der Waals surface area contributed by atoms with Crippen LogP contribution in [-0.2, 0) is 6.42 Å². The lowest BCUT2D eigenvalue weighted by molar-refractivity contribution is -0.384. The highest BCUT2D eigenvalue weighted by molar-refractivity contribution is 5.95. The first-order valence-corrected chi connectivity index (χ1v) is 10.6. The number of methoxy groups -OCH3 is 2. The van der Waals surface area contributed by atoms with Gasteiger partial charge < -0.3 is 19.3 Å². The summed E-state index contributed by atoms with van der Waals surface area (Å²) >= 11 is 0. The number of benzene rings is 3. The van der Waals surface area contributed by atoms with Crippen LogP contribution < -0.4 is 14.8 Å². The van der Waals surface area contributed by atoms with Gasteiger partial charge in [-0.05, 0) is 23.8 Å². The first-order chi connectivity index (χ1) is 17.0. The van der Waals surface area contributed by atoms with Gasteiger partial charge in [0.15, 0.2) is 0 Å². The molecule has 1 N–H and O–H groups in total. The largest absolute Gasteiger partial charge is 0.497 e. The smallest absolute Gasteiger partial charge is 0.270 e. The fourth-order valence-electron chi connectivity index (χ4n) is 3.48. The second-order valence-corrected chi connectivity index (χ2v) is 7.58. The molecule has 1 heterocycles. The van der Waals surface area contributed by atoms with Crippen molar-refractivity contribution in [2.24, 2.45) is 0 Å². The molecule has 0 fully saturated rings. The highest BCUT2D eigenvalue weighted by atomic mass is 16.6. The summed E-state index contributed by atoms with van der Waals surface area (Å²) in [6.45, 7) is 0. The molecule has 10 heteroatoms. The molecule has 4 rings (SSSR count). The molecule has 1 atom stereocenters. The molecule has 0 spiro atoms. The Bertz CT molecular complexity index is 1320. The highest BCUT2D eigenvalue weighted by Crippen LogP contribution is 2.29. The number of amides is 1. The van der Waals surface area contributed by atoms with Crippen molar-refractivity contribution in [2.45, 2.75) is 12.5 Å². The number of aromatic nitrogens is 2. The average molecular weight is 474 g/mol. The number of nitro groups is 1. The third kappa shape index (κ3) is 5.61. The zero-order chi connectivity index (χ0) is 24.8. The maximum Gasteiger partial charge on any atom is 0.270 e. The lowest BCUT2D eigenvalue weighted by Gasteiger charge is -2.15. The molecule has 10 nitrogen and oxygen atoms in total. The predicted molar refractivity (Wildman–Crippen MR) is 126 cm³/mol. The molecule has 0 aliphatic carbocycles. The van der Waals surface area contributed by atoms with Crippen molar-refractivity contribution in [1.82, 2.24) is 15.5 Å². The molecule has 4 aromatic rings. The van der Waals surface area contributed by atoms with Crippen molar-refractivity contribution in [3.05, 3.63) is 99.9 Å². The van der Waals surface area contributed by atoms with E-state index in [4.69, 9.17) is 14.0 Å². The number of carbonyl (C=O) groups excluding carboxylic acids is 1. The first kappa shape index (κ1) is 23.4. The molecule has 0 aliphatic rings. The molecule has 0 bridgehead atoms.